The number of benzene rings is 1. The van der Waals surface area contributed by atoms with Gasteiger partial charge in [0.15, 0.2) is 0 Å². The summed E-state index contributed by atoms with van der Waals surface area (Å²) in [6, 6.07) is 8.69. The topological polar surface area (TPSA) is 37.8 Å². The highest BCUT2D eigenvalue weighted by molar-refractivity contribution is 5.71. The second-order valence-corrected chi connectivity index (χ2v) is 5.44. The molecule has 1 aromatic heterocycles. The van der Waals surface area contributed by atoms with E-state index >= 15 is 0 Å². The van der Waals surface area contributed by atoms with E-state index in [4.69, 9.17) is 0 Å². The summed E-state index contributed by atoms with van der Waals surface area (Å²) in [5.41, 5.74) is 4.93. The molecule has 0 atom stereocenters. The summed E-state index contributed by atoms with van der Waals surface area (Å²) >= 11 is 0. The first-order valence-electron chi connectivity index (χ1n) is 7.46. The predicted molar refractivity (Wildman–Crippen MR) is 83.0 cm³/mol. The molecule has 1 N–H and O–H groups in total. The molecule has 0 unspecified atom stereocenters. The standard InChI is InChI=1S/C17H21N3/c1-3-18-17-12(2)16(19-11-20-17)15-10-5-4-9-14(15)13-7-6-8-13/h4-5,9-11,13H,3,6-8H2,1-2H3,(H,18,19,20). The molecule has 1 heterocycles. The smallest absolute Gasteiger partial charge is 0.132 e. The summed E-state index contributed by atoms with van der Waals surface area (Å²) in [5, 5.41) is 3.31. The normalized spacial score (nSPS) is 14.9. The van der Waals surface area contributed by atoms with Gasteiger partial charge in [0.25, 0.3) is 0 Å². The fourth-order valence-electron chi connectivity index (χ4n) is 2.86. The van der Waals surface area contributed by atoms with Crippen LogP contribution in [-0.4, -0.2) is 16.5 Å². The number of nitrogens with one attached hydrogen (secondary N) is 1. The second kappa shape index (κ2) is 5.61. The van der Waals surface area contributed by atoms with Crippen LogP contribution >= 0.6 is 0 Å². The van der Waals surface area contributed by atoms with E-state index < -0.39 is 0 Å². The third kappa shape index (κ3) is 2.28. The summed E-state index contributed by atoms with van der Waals surface area (Å²) in [6.07, 6.45) is 5.63. The number of hydrogen-bond acceptors (Lipinski definition) is 3. The molecule has 1 saturated carbocycles. The average Bonchev–Trinajstić information content (AvgIpc) is 2.41. The van der Waals surface area contributed by atoms with Crippen LogP contribution in [0.15, 0.2) is 30.6 Å². The minimum atomic E-state index is 0.711. The van der Waals surface area contributed by atoms with E-state index in [1.54, 1.807) is 6.33 Å². The van der Waals surface area contributed by atoms with Crippen molar-refractivity contribution in [2.24, 2.45) is 0 Å². The van der Waals surface area contributed by atoms with Crippen molar-refractivity contribution in [2.45, 2.75) is 39.0 Å². The minimum absolute atomic E-state index is 0.711. The van der Waals surface area contributed by atoms with Crippen LogP contribution in [0.1, 0.15) is 43.2 Å². The van der Waals surface area contributed by atoms with Gasteiger partial charge in [-0.15, -0.1) is 0 Å². The molecular formula is C17H21N3. The minimum Gasteiger partial charge on any atom is -0.370 e. The maximum absolute atomic E-state index is 4.54. The third-order valence-electron chi connectivity index (χ3n) is 4.19. The zero-order valence-electron chi connectivity index (χ0n) is 12.2. The molecule has 1 aliphatic carbocycles. The highest BCUT2D eigenvalue weighted by Crippen LogP contribution is 2.41. The van der Waals surface area contributed by atoms with Crippen LogP contribution in [0.4, 0.5) is 5.82 Å². The highest BCUT2D eigenvalue weighted by atomic mass is 15.0. The first-order chi connectivity index (χ1) is 9.81. The quantitative estimate of drug-likeness (QED) is 0.904. The van der Waals surface area contributed by atoms with Crippen LogP contribution in [0.2, 0.25) is 0 Å². The number of rotatable bonds is 4. The van der Waals surface area contributed by atoms with Gasteiger partial charge in [0.2, 0.25) is 0 Å². The molecule has 3 nitrogen and oxygen atoms in total. The molecule has 0 aliphatic heterocycles. The first-order valence-corrected chi connectivity index (χ1v) is 7.46. The van der Waals surface area contributed by atoms with Crippen molar-refractivity contribution in [3.8, 4) is 11.3 Å². The molecule has 0 radical (unpaired) electrons. The Hall–Kier alpha value is -1.90. The van der Waals surface area contributed by atoms with Crippen LogP contribution in [0.5, 0.6) is 0 Å². The zero-order chi connectivity index (χ0) is 13.9. The van der Waals surface area contributed by atoms with Gasteiger partial charge in [0, 0.05) is 17.7 Å². The third-order valence-corrected chi connectivity index (χ3v) is 4.19. The summed E-state index contributed by atoms with van der Waals surface area (Å²) in [5.74, 6) is 1.66. The van der Waals surface area contributed by atoms with E-state index in [1.807, 2.05) is 0 Å². The van der Waals surface area contributed by atoms with Gasteiger partial charge in [-0.25, -0.2) is 9.97 Å². The highest BCUT2D eigenvalue weighted by Gasteiger charge is 2.23. The Morgan fingerprint density at radius 1 is 1.20 bits per heavy atom. The van der Waals surface area contributed by atoms with Crippen molar-refractivity contribution in [3.05, 3.63) is 41.7 Å². The van der Waals surface area contributed by atoms with Crippen molar-refractivity contribution in [3.63, 3.8) is 0 Å². The molecule has 3 rings (SSSR count). The van der Waals surface area contributed by atoms with Gasteiger partial charge in [-0.1, -0.05) is 30.7 Å². The number of nitrogens with zero attached hydrogens (tertiary/aromatic N) is 2. The molecule has 0 amide bonds. The van der Waals surface area contributed by atoms with E-state index in [-0.39, 0.29) is 0 Å². The van der Waals surface area contributed by atoms with Crippen LogP contribution in [-0.2, 0) is 0 Å². The molecule has 104 valence electrons. The van der Waals surface area contributed by atoms with E-state index in [0.29, 0.717) is 5.92 Å². The van der Waals surface area contributed by atoms with Crippen molar-refractivity contribution in [1.82, 2.24) is 9.97 Å². The lowest BCUT2D eigenvalue weighted by atomic mass is 9.77. The summed E-state index contributed by atoms with van der Waals surface area (Å²) in [4.78, 5) is 8.88. The molecule has 2 aromatic rings. The molecule has 1 fully saturated rings. The molecule has 0 saturated heterocycles. The van der Waals surface area contributed by atoms with Crippen LogP contribution in [0.3, 0.4) is 0 Å². The Morgan fingerprint density at radius 3 is 2.70 bits per heavy atom. The molecule has 1 aliphatic rings. The Bertz CT molecular complexity index is 603. The van der Waals surface area contributed by atoms with E-state index in [9.17, 15) is 0 Å². The first kappa shape index (κ1) is 13.1. The SMILES string of the molecule is CCNc1ncnc(-c2ccccc2C2CCC2)c1C. The van der Waals surface area contributed by atoms with Gasteiger partial charge < -0.3 is 5.32 Å². The van der Waals surface area contributed by atoms with Gasteiger partial charge in [-0.05, 0) is 38.2 Å². The van der Waals surface area contributed by atoms with Gasteiger partial charge in [0.05, 0.1) is 5.69 Å². The fourth-order valence-corrected chi connectivity index (χ4v) is 2.86. The fraction of sp³-hybridized carbons (Fsp3) is 0.412. The molecule has 0 bridgehead atoms. The lowest BCUT2D eigenvalue weighted by molar-refractivity contribution is 0.420. The van der Waals surface area contributed by atoms with Gasteiger partial charge in [0.1, 0.15) is 12.1 Å². The average molecular weight is 267 g/mol. The monoisotopic (exact) mass is 267 g/mol. The van der Waals surface area contributed by atoms with Crippen molar-refractivity contribution in [1.29, 1.82) is 0 Å². The Balaban J connectivity index is 2.07. The predicted octanol–water partition coefficient (Wildman–Crippen LogP) is 4.15. The van der Waals surface area contributed by atoms with E-state index in [0.717, 1.165) is 23.6 Å². The summed E-state index contributed by atoms with van der Waals surface area (Å²) < 4.78 is 0. The van der Waals surface area contributed by atoms with Crippen molar-refractivity contribution >= 4 is 5.82 Å². The molecule has 0 spiro atoms. The van der Waals surface area contributed by atoms with Crippen LogP contribution in [0, 0.1) is 6.92 Å². The molecular weight excluding hydrogens is 246 g/mol. The van der Waals surface area contributed by atoms with Crippen LogP contribution < -0.4 is 5.32 Å². The molecule has 3 heteroatoms. The lowest BCUT2D eigenvalue weighted by Gasteiger charge is -2.28. The zero-order valence-corrected chi connectivity index (χ0v) is 12.2. The Morgan fingerprint density at radius 2 is 2.00 bits per heavy atom. The maximum Gasteiger partial charge on any atom is 0.132 e. The summed E-state index contributed by atoms with van der Waals surface area (Å²) in [7, 11) is 0. The van der Waals surface area contributed by atoms with E-state index in [1.165, 1.54) is 30.4 Å². The lowest BCUT2D eigenvalue weighted by Crippen LogP contribution is -2.11. The largest absolute Gasteiger partial charge is 0.370 e. The number of aromatic nitrogens is 2. The number of hydrogen-bond donors (Lipinski definition) is 1. The molecule has 1 aromatic carbocycles. The van der Waals surface area contributed by atoms with Gasteiger partial charge >= 0.3 is 0 Å². The van der Waals surface area contributed by atoms with Crippen molar-refractivity contribution in [2.75, 3.05) is 11.9 Å². The van der Waals surface area contributed by atoms with Crippen molar-refractivity contribution < 1.29 is 0 Å². The molecule has 20 heavy (non-hydrogen) atoms. The maximum atomic E-state index is 4.54. The Labute approximate surface area is 120 Å². The van der Waals surface area contributed by atoms with Crippen LogP contribution in [0.25, 0.3) is 11.3 Å². The summed E-state index contributed by atoms with van der Waals surface area (Å²) in [6.45, 7) is 5.07. The second-order valence-electron chi connectivity index (χ2n) is 5.44. The Kier molecular flexibility index (Phi) is 3.68. The van der Waals surface area contributed by atoms with Gasteiger partial charge in [-0.2, -0.15) is 0 Å². The van der Waals surface area contributed by atoms with Gasteiger partial charge in [-0.3, -0.25) is 0 Å². The number of anilines is 1. The van der Waals surface area contributed by atoms with E-state index in [2.05, 4.69) is 53.4 Å².